The van der Waals surface area contributed by atoms with Crippen LogP contribution in [0.2, 0.25) is 0 Å². The average Bonchev–Trinajstić information content (AvgIpc) is 3.64. The van der Waals surface area contributed by atoms with E-state index in [9.17, 15) is 18.0 Å². The van der Waals surface area contributed by atoms with Crippen LogP contribution in [-0.2, 0) is 11.2 Å². The summed E-state index contributed by atoms with van der Waals surface area (Å²) in [4.78, 5) is 25.6. The third-order valence-corrected chi connectivity index (χ3v) is 5.65. The van der Waals surface area contributed by atoms with Crippen LogP contribution < -0.4 is 10.6 Å². The topological polar surface area (TPSA) is 104 Å². The molecule has 0 spiro atoms. The summed E-state index contributed by atoms with van der Waals surface area (Å²) >= 11 is 1.23. The van der Waals surface area contributed by atoms with E-state index in [-0.39, 0.29) is 5.91 Å². The number of carboxylic acid groups (broad SMARTS) is 1. The predicted molar refractivity (Wildman–Crippen MR) is 109 cm³/mol. The molecule has 7 nitrogen and oxygen atoms in total. The van der Waals surface area contributed by atoms with Gasteiger partial charge in [-0.15, -0.1) is 0 Å². The number of anilines is 1. The lowest BCUT2D eigenvalue weighted by molar-refractivity contribution is -0.192. The Morgan fingerprint density at radius 3 is 2.58 bits per heavy atom. The van der Waals surface area contributed by atoms with Gasteiger partial charge in [-0.2, -0.15) is 17.5 Å². The lowest BCUT2D eigenvalue weighted by Crippen LogP contribution is -2.21. The van der Waals surface area contributed by atoms with Crippen LogP contribution >= 0.6 is 11.5 Å². The molecule has 3 N–H and O–H groups in total. The number of benzene rings is 1. The number of aromatic nitrogens is 2. The fourth-order valence-electron chi connectivity index (χ4n) is 2.96. The molecule has 0 aliphatic heterocycles. The number of amides is 1. The van der Waals surface area contributed by atoms with Crippen LogP contribution in [0.4, 0.5) is 18.3 Å². The fraction of sp³-hybridized carbons (Fsp3) is 0.500. The molecule has 2 fully saturated rings. The van der Waals surface area contributed by atoms with Crippen molar-refractivity contribution in [3.63, 3.8) is 0 Å². The first-order chi connectivity index (χ1) is 14.7. The minimum atomic E-state index is -5.08. The van der Waals surface area contributed by atoms with Gasteiger partial charge in [-0.1, -0.05) is 19.1 Å². The molecule has 1 heterocycles. The van der Waals surface area contributed by atoms with Crippen LogP contribution in [0.3, 0.4) is 0 Å². The zero-order chi connectivity index (χ0) is 22.6. The number of hydrogen-bond acceptors (Lipinski definition) is 6. The predicted octanol–water partition coefficient (Wildman–Crippen LogP) is 3.84. The third-order valence-electron chi connectivity index (χ3n) is 4.98. The van der Waals surface area contributed by atoms with E-state index in [1.807, 2.05) is 25.1 Å². The van der Waals surface area contributed by atoms with Gasteiger partial charge in [0, 0.05) is 35.5 Å². The Morgan fingerprint density at radius 2 is 2.00 bits per heavy atom. The Balaban J connectivity index is 0.000000339. The minimum Gasteiger partial charge on any atom is -0.475 e. The molecule has 11 heteroatoms. The maximum atomic E-state index is 12.4. The Morgan fingerprint density at radius 1 is 1.29 bits per heavy atom. The van der Waals surface area contributed by atoms with Crippen LogP contribution in [0.5, 0.6) is 0 Å². The van der Waals surface area contributed by atoms with Crippen molar-refractivity contribution in [1.29, 1.82) is 0 Å². The zero-order valence-corrected chi connectivity index (χ0v) is 17.6. The molecular formula is C20H23F3N4O3S. The summed E-state index contributed by atoms with van der Waals surface area (Å²) < 4.78 is 35.9. The lowest BCUT2D eigenvalue weighted by atomic mass is 10.1. The highest BCUT2D eigenvalue weighted by Gasteiger charge is 2.39. The first kappa shape index (κ1) is 23.1. The summed E-state index contributed by atoms with van der Waals surface area (Å²) in [5.41, 5.74) is 1.94. The highest BCUT2D eigenvalue weighted by Crippen LogP contribution is 2.41. The average molecular weight is 456 g/mol. The Labute approximate surface area is 181 Å². The molecule has 1 aromatic carbocycles. The maximum absolute atomic E-state index is 12.4. The van der Waals surface area contributed by atoms with Gasteiger partial charge in [-0.3, -0.25) is 10.1 Å². The monoisotopic (exact) mass is 456 g/mol. The Hall–Kier alpha value is -2.53. The molecule has 2 aromatic rings. The number of aryl methyl sites for hydroxylation is 1. The lowest BCUT2D eigenvalue weighted by Gasteiger charge is -2.06. The van der Waals surface area contributed by atoms with Gasteiger partial charge in [0.25, 0.3) is 5.91 Å². The standard InChI is InChI=1S/C18H22N4OS.C2HF3O2/c1-2-16-20-18(24-22-16)21-17(23)13-5-3-4-12(8-13)14-9-15(14)19-10-11-6-7-11;3-2(4,5)1(6)7/h3-5,8,11,14-15,19H,2,6-7,9-10H2,1H3,(H,20,21,22,23);(H,6,7)/t14-,15+;/m0./s1. The Bertz CT molecular complexity index is 930. The fourth-order valence-corrected chi connectivity index (χ4v) is 3.60. The van der Waals surface area contributed by atoms with Gasteiger partial charge in [0.1, 0.15) is 5.82 Å². The third kappa shape index (κ3) is 7.00. The van der Waals surface area contributed by atoms with Crippen LogP contribution in [0.15, 0.2) is 24.3 Å². The molecule has 0 radical (unpaired) electrons. The van der Waals surface area contributed by atoms with Crippen molar-refractivity contribution in [3.05, 3.63) is 41.2 Å². The summed E-state index contributed by atoms with van der Waals surface area (Å²) in [7, 11) is 0. The first-order valence-electron chi connectivity index (χ1n) is 9.94. The molecule has 0 saturated heterocycles. The van der Waals surface area contributed by atoms with Crippen LogP contribution in [0.25, 0.3) is 0 Å². The molecule has 2 atom stereocenters. The number of rotatable bonds is 7. The van der Waals surface area contributed by atoms with E-state index < -0.39 is 12.1 Å². The molecule has 0 bridgehead atoms. The summed E-state index contributed by atoms with van der Waals surface area (Å²) in [5, 5.41) is 14.2. The van der Waals surface area contributed by atoms with Crippen LogP contribution in [0.1, 0.15) is 53.8 Å². The molecule has 0 unspecified atom stereocenters. The van der Waals surface area contributed by atoms with Crippen molar-refractivity contribution in [3.8, 4) is 0 Å². The van der Waals surface area contributed by atoms with Crippen LogP contribution in [-0.4, -0.2) is 45.1 Å². The van der Waals surface area contributed by atoms with E-state index in [4.69, 9.17) is 9.90 Å². The number of carboxylic acids is 1. The molecule has 31 heavy (non-hydrogen) atoms. The van der Waals surface area contributed by atoms with Crippen molar-refractivity contribution in [2.45, 2.75) is 50.7 Å². The maximum Gasteiger partial charge on any atom is 0.490 e. The number of aliphatic carboxylic acids is 1. The summed E-state index contributed by atoms with van der Waals surface area (Å²) in [5.74, 6) is -0.647. The number of halogens is 3. The van der Waals surface area contributed by atoms with Gasteiger partial charge in [-0.25, -0.2) is 9.78 Å². The number of nitrogens with zero attached hydrogens (tertiary/aromatic N) is 2. The molecular weight excluding hydrogens is 433 g/mol. The van der Waals surface area contributed by atoms with Crippen molar-refractivity contribution in [1.82, 2.24) is 14.7 Å². The van der Waals surface area contributed by atoms with Crippen molar-refractivity contribution >= 4 is 28.5 Å². The van der Waals surface area contributed by atoms with Gasteiger partial charge in [0.15, 0.2) is 0 Å². The number of alkyl halides is 3. The quantitative estimate of drug-likeness (QED) is 0.585. The number of carbonyl (C=O) groups excluding carboxylic acids is 1. The number of hydrogen-bond donors (Lipinski definition) is 3. The molecule has 1 aromatic heterocycles. The number of nitrogens with one attached hydrogen (secondary N) is 2. The second-order valence-electron chi connectivity index (χ2n) is 7.55. The summed E-state index contributed by atoms with van der Waals surface area (Å²) in [6, 6.07) is 8.55. The summed E-state index contributed by atoms with van der Waals surface area (Å²) in [6.07, 6.45) is -0.371. The van der Waals surface area contributed by atoms with E-state index >= 15 is 0 Å². The highest BCUT2D eigenvalue weighted by atomic mass is 32.1. The zero-order valence-electron chi connectivity index (χ0n) is 16.8. The number of carbonyl (C=O) groups is 2. The van der Waals surface area contributed by atoms with Crippen molar-refractivity contribution in [2.24, 2.45) is 5.92 Å². The summed E-state index contributed by atoms with van der Waals surface area (Å²) in [6.45, 7) is 3.15. The van der Waals surface area contributed by atoms with Gasteiger partial charge in [-0.05, 0) is 49.4 Å². The molecule has 2 aliphatic carbocycles. The van der Waals surface area contributed by atoms with E-state index in [1.54, 1.807) is 0 Å². The van der Waals surface area contributed by atoms with Gasteiger partial charge >= 0.3 is 12.1 Å². The van der Waals surface area contributed by atoms with Crippen molar-refractivity contribution < 1.29 is 27.9 Å². The smallest absolute Gasteiger partial charge is 0.475 e. The van der Waals surface area contributed by atoms with E-state index in [0.717, 1.165) is 24.7 Å². The SMILES string of the molecule is CCc1nsc(NC(=O)c2cccc([C@@H]3C[C@H]3NCC3CC3)c2)n1.O=C(O)C(F)(F)F. The van der Waals surface area contributed by atoms with Gasteiger partial charge < -0.3 is 10.4 Å². The molecule has 2 saturated carbocycles. The van der Waals surface area contributed by atoms with E-state index in [0.29, 0.717) is 22.7 Å². The van der Waals surface area contributed by atoms with Crippen LogP contribution in [0, 0.1) is 5.92 Å². The largest absolute Gasteiger partial charge is 0.490 e. The minimum absolute atomic E-state index is 0.112. The molecule has 4 rings (SSSR count). The molecule has 168 valence electrons. The second-order valence-corrected chi connectivity index (χ2v) is 8.30. The molecule has 1 amide bonds. The highest BCUT2D eigenvalue weighted by molar-refractivity contribution is 7.09. The first-order valence-corrected chi connectivity index (χ1v) is 10.7. The Kier molecular flexibility index (Phi) is 7.26. The van der Waals surface area contributed by atoms with E-state index in [1.165, 1.54) is 36.4 Å². The second kappa shape index (κ2) is 9.73. The molecule has 2 aliphatic rings. The van der Waals surface area contributed by atoms with E-state index in [2.05, 4.69) is 26.1 Å². The van der Waals surface area contributed by atoms with Gasteiger partial charge in [0.05, 0.1) is 0 Å². The van der Waals surface area contributed by atoms with Gasteiger partial charge in [0.2, 0.25) is 5.13 Å². The van der Waals surface area contributed by atoms with Crippen molar-refractivity contribution in [2.75, 3.05) is 11.9 Å². The normalized spacial score (nSPS) is 19.9.